The van der Waals surface area contributed by atoms with Gasteiger partial charge in [0.15, 0.2) is 0 Å². The lowest BCUT2D eigenvalue weighted by Crippen LogP contribution is -2.40. The number of amides is 1. The molecule has 1 aliphatic heterocycles. The lowest BCUT2D eigenvalue weighted by atomic mass is 10.0. The zero-order valence-corrected chi connectivity index (χ0v) is 14.3. The molecule has 0 saturated carbocycles. The Balaban J connectivity index is 1.79. The summed E-state index contributed by atoms with van der Waals surface area (Å²) in [6, 6.07) is 6.63. The van der Waals surface area contributed by atoms with Crippen LogP contribution < -0.4 is 10.1 Å². The number of hydrogen-bond donors (Lipinski definition) is 2. The molecule has 3 rings (SSSR count). The molecule has 2 N–H and O–H groups in total. The van der Waals surface area contributed by atoms with Gasteiger partial charge in [0, 0.05) is 24.4 Å². The third-order valence-electron chi connectivity index (χ3n) is 4.29. The Kier molecular flexibility index (Phi) is 5.31. The maximum absolute atomic E-state index is 12.4. The third-order valence-corrected chi connectivity index (χ3v) is 4.29. The van der Waals surface area contributed by atoms with Crippen molar-refractivity contribution in [1.82, 2.24) is 10.3 Å². The van der Waals surface area contributed by atoms with Gasteiger partial charge in [-0.15, -0.1) is 6.58 Å². The van der Waals surface area contributed by atoms with Crippen LogP contribution in [0, 0.1) is 0 Å². The lowest BCUT2D eigenvalue weighted by Gasteiger charge is -2.14. The number of pyridine rings is 1. The van der Waals surface area contributed by atoms with Crippen molar-refractivity contribution in [3.63, 3.8) is 0 Å². The van der Waals surface area contributed by atoms with E-state index in [1.165, 1.54) is 6.20 Å². The minimum absolute atomic E-state index is 0.294. The van der Waals surface area contributed by atoms with Gasteiger partial charge < -0.3 is 15.2 Å². The van der Waals surface area contributed by atoms with E-state index in [0.717, 1.165) is 28.9 Å². The molecule has 2 heterocycles. The maximum Gasteiger partial charge on any atom is 0.326 e. The number of rotatable bonds is 7. The molecule has 1 aromatic heterocycles. The summed E-state index contributed by atoms with van der Waals surface area (Å²) >= 11 is 0. The highest BCUT2D eigenvalue weighted by molar-refractivity contribution is 5.97. The van der Waals surface area contributed by atoms with Crippen molar-refractivity contribution in [2.45, 2.75) is 25.3 Å². The van der Waals surface area contributed by atoms with Crippen LogP contribution in [0.25, 0.3) is 11.1 Å². The van der Waals surface area contributed by atoms with E-state index in [9.17, 15) is 14.7 Å². The molecule has 0 fully saturated rings. The minimum Gasteiger partial charge on any atom is -0.493 e. The van der Waals surface area contributed by atoms with E-state index in [0.29, 0.717) is 25.0 Å². The second-order valence-electron chi connectivity index (χ2n) is 6.11. The number of ether oxygens (including phenoxy) is 1. The Hall–Kier alpha value is -3.15. The Bertz CT molecular complexity index is 847. The summed E-state index contributed by atoms with van der Waals surface area (Å²) in [5.41, 5.74) is 3.19. The van der Waals surface area contributed by atoms with Crippen LogP contribution in [0.5, 0.6) is 5.75 Å². The number of benzene rings is 1. The van der Waals surface area contributed by atoms with Crippen molar-refractivity contribution in [3.05, 3.63) is 60.4 Å². The number of nitrogens with zero attached hydrogens (tertiary/aromatic N) is 1. The first-order chi connectivity index (χ1) is 12.6. The SMILES string of the molecule is C=CCCC(NC(=O)c1cncc(-c2ccc3c(c2)CCO3)c1)C(=O)O. The number of carboxylic acid groups (broad SMARTS) is 1. The molecular formula is C20H20N2O4. The van der Waals surface area contributed by atoms with Gasteiger partial charge in [0.2, 0.25) is 0 Å². The van der Waals surface area contributed by atoms with Crippen LogP contribution in [0.2, 0.25) is 0 Å². The van der Waals surface area contributed by atoms with E-state index in [2.05, 4.69) is 16.9 Å². The van der Waals surface area contributed by atoms with E-state index in [4.69, 9.17) is 4.74 Å². The van der Waals surface area contributed by atoms with Gasteiger partial charge in [-0.2, -0.15) is 0 Å². The van der Waals surface area contributed by atoms with E-state index >= 15 is 0 Å². The Labute approximate surface area is 151 Å². The molecule has 0 saturated heterocycles. The Morgan fingerprint density at radius 3 is 2.92 bits per heavy atom. The van der Waals surface area contributed by atoms with Crippen molar-refractivity contribution in [3.8, 4) is 16.9 Å². The summed E-state index contributed by atoms with van der Waals surface area (Å²) in [5, 5.41) is 11.8. The molecule has 1 amide bonds. The van der Waals surface area contributed by atoms with Crippen molar-refractivity contribution in [2.75, 3.05) is 6.61 Å². The fourth-order valence-electron chi connectivity index (χ4n) is 2.87. The molecule has 26 heavy (non-hydrogen) atoms. The Morgan fingerprint density at radius 1 is 1.31 bits per heavy atom. The fraction of sp³-hybridized carbons (Fsp3) is 0.250. The van der Waals surface area contributed by atoms with Crippen LogP contribution in [0.3, 0.4) is 0 Å². The van der Waals surface area contributed by atoms with Gasteiger partial charge in [0.25, 0.3) is 5.91 Å². The molecule has 2 aromatic rings. The van der Waals surface area contributed by atoms with Gasteiger partial charge in [-0.1, -0.05) is 12.1 Å². The van der Waals surface area contributed by atoms with Crippen molar-refractivity contribution < 1.29 is 19.4 Å². The van der Waals surface area contributed by atoms with E-state index in [1.54, 1.807) is 18.3 Å². The quantitative estimate of drug-likeness (QED) is 0.748. The van der Waals surface area contributed by atoms with Crippen LogP contribution in [-0.4, -0.2) is 34.6 Å². The largest absolute Gasteiger partial charge is 0.493 e. The smallest absolute Gasteiger partial charge is 0.326 e. The molecule has 1 aromatic carbocycles. The molecule has 0 aliphatic carbocycles. The van der Waals surface area contributed by atoms with Crippen LogP contribution in [0.4, 0.5) is 0 Å². The number of aromatic nitrogens is 1. The van der Waals surface area contributed by atoms with Gasteiger partial charge in [-0.3, -0.25) is 9.78 Å². The summed E-state index contributed by atoms with van der Waals surface area (Å²) in [6.07, 6.45) is 6.40. The molecule has 6 nitrogen and oxygen atoms in total. The van der Waals surface area contributed by atoms with Gasteiger partial charge in [-0.05, 0) is 42.2 Å². The first-order valence-corrected chi connectivity index (χ1v) is 8.44. The molecule has 1 unspecified atom stereocenters. The number of aliphatic carboxylic acids is 1. The number of hydrogen-bond acceptors (Lipinski definition) is 4. The summed E-state index contributed by atoms with van der Waals surface area (Å²) in [6.45, 7) is 4.26. The molecule has 134 valence electrons. The lowest BCUT2D eigenvalue weighted by molar-refractivity contribution is -0.139. The van der Waals surface area contributed by atoms with Gasteiger partial charge in [0.05, 0.1) is 12.2 Å². The van der Waals surface area contributed by atoms with E-state index in [1.807, 2.05) is 18.2 Å². The van der Waals surface area contributed by atoms with Crippen molar-refractivity contribution >= 4 is 11.9 Å². The number of carboxylic acids is 1. The normalized spacial score (nSPS) is 13.4. The van der Waals surface area contributed by atoms with Gasteiger partial charge in [0.1, 0.15) is 11.8 Å². The number of fused-ring (bicyclic) bond motifs is 1. The second-order valence-corrected chi connectivity index (χ2v) is 6.11. The topological polar surface area (TPSA) is 88.5 Å². The molecule has 1 aliphatic rings. The van der Waals surface area contributed by atoms with E-state index in [-0.39, 0.29) is 0 Å². The summed E-state index contributed by atoms with van der Waals surface area (Å²) < 4.78 is 5.51. The third kappa shape index (κ3) is 3.91. The standard InChI is InChI=1S/C20H20N2O4/c1-2-3-4-17(20(24)25)22-19(23)16-10-15(11-21-12-16)13-5-6-18-14(9-13)7-8-26-18/h2,5-6,9-12,17H,1,3-4,7-8H2,(H,22,23)(H,24,25). The molecule has 1 atom stereocenters. The highest BCUT2D eigenvalue weighted by Crippen LogP contribution is 2.30. The zero-order chi connectivity index (χ0) is 18.5. The average molecular weight is 352 g/mol. The maximum atomic E-state index is 12.4. The minimum atomic E-state index is -1.07. The van der Waals surface area contributed by atoms with Gasteiger partial charge >= 0.3 is 5.97 Å². The second kappa shape index (κ2) is 7.82. The average Bonchev–Trinajstić information content (AvgIpc) is 3.12. The summed E-state index contributed by atoms with van der Waals surface area (Å²) in [7, 11) is 0. The molecule has 0 spiro atoms. The predicted octanol–water partition coefficient (Wildman–Crippen LogP) is 2.83. The van der Waals surface area contributed by atoms with Gasteiger partial charge in [-0.25, -0.2) is 4.79 Å². The molecule has 6 heteroatoms. The van der Waals surface area contributed by atoms with Crippen LogP contribution >= 0.6 is 0 Å². The van der Waals surface area contributed by atoms with Crippen LogP contribution in [-0.2, 0) is 11.2 Å². The Morgan fingerprint density at radius 2 is 2.15 bits per heavy atom. The number of carbonyl (C=O) groups excluding carboxylic acids is 1. The molecule has 0 bridgehead atoms. The first-order valence-electron chi connectivity index (χ1n) is 8.44. The predicted molar refractivity (Wildman–Crippen MR) is 97.2 cm³/mol. The first kappa shape index (κ1) is 17.7. The van der Waals surface area contributed by atoms with Crippen molar-refractivity contribution in [2.24, 2.45) is 0 Å². The highest BCUT2D eigenvalue weighted by Gasteiger charge is 2.20. The summed E-state index contributed by atoms with van der Waals surface area (Å²) in [4.78, 5) is 27.9. The summed E-state index contributed by atoms with van der Waals surface area (Å²) in [5.74, 6) is -0.634. The number of carbonyl (C=O) groups is 2. The van der Waals surface area contributed by atoms with Crippen molar-refractivity contribution in [1.29, 1.82) is 0 Å². The molecular weight excluding hydrogens is 332 g/mol. The van der Waals surface area contributed by atoms with E-state index < -0.39 is 17.9 Å². The fourth-order valence-corrected chi connectivity index (χ4v) is 2.87. The van der Waals surface area contributed by atoms with Crippen LogP contribution in [0.1, 0.15) is 28.8 Å². The molecule has 0 radical (unpaired) electrons. The number of nitrogens with one attached hydrogen (secondary N) is 1. The number of allylic oxidation sites excluding steroid dienone is 1. The highest BCUT2D eigenvalue weighted by atomic mass is 16.5. The zero-order valence-electron chi connectivity index (χ0n) is 14.3. The van der Waals surface area contributed by atoms with Crippen LogP contribution in [0.15, 0.2) is 49.3 Å². The monoisotopic (exact) mass is 352 g/mol.